The van der Waals surface area contributed by atoms with Crippen molar-refractivity contribution in [3.63, 3.8) is 0 Å². The van der Waals surface area contributed by atoms with Crippen LogP contribution in [0.3, 0.4) is 0 Å². The first-order valence-corrected chi connectivity index (χ1v) is 5.65. The van der Waals surface area contributed by atoms with Crippen LogP contribution in [-0.2, 0) is 11.2 Å². The highest BCUT2D eigenvalue weighted by atomic mass is 16.2. The van der Waals surface area contributed by atoms with Gasteiger partial charge in [-0.1, -0.05) is 0 Å². The van der Waals surface area contributed by atoms with Gasteiger partial charge >= 0.3 is 0 Å². The Kier molecular flexibility index (Phi) is 3.58. The van der Waals surface area contributed by atoms with Gasteiger partial charge in [0.1, 0.15) is 0 Å². The van der Waals surface area contributed by atoms with Crippen LogP contribution in [0.25, 0.3) is 0 Å². The summed E-state index contributed by atoms with van der Waals surface area (Å²) in [5.41, 5.74) is 6.92. The molecule has 1 amide bonds. The normalized spacial score (nSPS) is 18.4. The van der Waals surface area contributed by atoms with E-state index in [1.54, 1.807) is 0 Å². The van der Waals surface area contributed by atoms with Crippen molar-refractivity contribution in [2.75, 3.05) is 26.2 Å². The zero-order valence-electron chi connectivity index (χ0n) is 9.28. The van der Waals surface area contributed by atoms with Gasteiger partial charge in [-0.05, 0) is 12.1 Å². The molecule has 0 aromatic carbocycles. The van der Waals surface area contributed by atoms with Gasteiger partial charge in [0.2, 0.25) is 5.91 Å². The Morgan fingerprint density at radius 3 is 2.88 bits per heavy atom. The van der Waals surface area contributed by atoms with Crippen molar-refractivity contribution in [1.82, 2.24) is 15.2 Å². The monoisotopic (exact) mass is 222 g/mol. The third-order valence-corrected chi connectivity index (χ3v) is 2.85. The van der Waals surface area contributed by atoms with Crippen LogP contribution in [0, 0.1) is 0 Å². The Morgan fingerprint density at radius 2 is 2.25 bits per heavy atom. The number of aromatic nitrogens is 1. The molecule has 2 heterocycles. The number of nitrogens with one attached hydrogen (secondary N) is 2. The molecule has 2 rings (SSSR count). The lowest BCUT2D eigenvalue weighted by Gasteiger charge is -2.29. The second-order valence-corrected chi connectivity index (χ2v) is 4.08. The Labute approximate surface area is 95.0 Å². The number of hydrogen-bond donors (Lipinski definition) is 3. The number of nitrogens with two attached hydrogens (primary N) is 1. The van der Waals surface area contributed by atoms with Gasteiger partial charge < -0.3 is 20.9 Å². The molecule has 1 fully saturated rings. The Morgan fingerprint density at radius 1 is 1.50 bits per heavy atom. The summed E-state index contributed by atoms with van der Waals surface area (Å²) in [4.78, 5) is 16.9. The Hall–Kier alpha value is -1.33. The minimum absolute atomic E-state index is 0.0519. The van der Waals surface area contributed by atoms with Crippen LogP contribution < -0.4 is 11.1 Å². The molecule has 0 radical (unpaired) electrons. The zero-order chi connectivity index (χ0) is 11.4. The largest absolute Gasteiger partial charge is 0.365 e. The first-order valence-electron chi connectivity index (χ1n) is 5.65. The smallest absolute Gasteiger partial charge is 0.239 e. The van der Waals surface area contributed by atoms with Crippen molar-refractivity contribution in [3.05, 3.63) is 24.0 Å². The third-order valence-electron chi connectivity index (χ3n) is 2.85. The van der Waals surface area contributed by atoms with Crippen LogP contribution in [0.1, 0.15) is 5.69 Å². The predicted molar refractivity (Wildman–Crippen MR) is 61.9 cm³/mol. The van der Waals surface area contributed by atoms with E-state index in [2.05, 4.69) is 10.3 Å². The van der Waals surface area contributed by atoms with Crippen LogP contribution in [0.5, 0.6) is 0 Å². The lowest BCUT2D eigenvalue weighted by atomic mass is 10.1. The van der Waals surface area contributed by atoms with E-state index in [0.29, 0.717) is 6.42 Å². The van der Waals surface area contributed by atoms with Crippen LogP contribution in [0.15, 0.2) is 18.3 Å². The second-order valence-electron chi connectivity index (χ2n) is 4.08. The highest BCUT2D eigenvalue weighted by molar-refractivity contribution is 5.82. The summed E-state index contributed by atoms with van der Waals surface area (Å²) in [7, 11) is 0. The molecule has 1 atom stereocenters. The first kappa shape index (κ1) is 11.2. The molecule has 88 valence electrons. The molecular weight excluding hydrogens is 204 g/mol. The molecule has 0 bridgehead atoms. The molecular formula is C11H18N4O. The van der Waals surface area contributed by atoms with Gasteiger partial charge in [0.25, 0.3) is 0 Å². The van der Waals surface area contributed by atoms with Gasteiger partial charge in [0, 0.05) is 44.5 Å². The summed E-state index contributed by atoms with van der Waals surface area (Å²) in [6.07, 6.45) is 2.42. The highest BCUT2D eigenvalue weighted by Gasteiger charge is 2.22. The molecule has 5 heteroatoms. The lowest BCUT2D eigenvalue weighted by molar-refractivity contribution is -0.133. The van der Waals surface area contributed by atoms with Gasteiger partial charge in [-0.25, -0.2) is 0 Å². The Balaban J connectivity index is 1.88. The van der Waals surface area contributed by atoms with Crippen molar-refractivity contribution < 1.29 is 4.79 Å². The summed E-state index contributed by atoms with van der Waals surface area (Å²) in [6, 6.07) is 3.43. The number of carbonyl (C=O) groups excluding carboxylic acids is 1. The summed E-state index contributed by atoms with van der Waals surface area (Å²) in [6.45, 7) is 3.25. The van der Waals surface area contributed by atoms with E-state index in [1.807, 2.05) is 23.2 Å². The number of nitrogens with zero attached hydrogens (tertiary/aromatic N) is 1. The fraction of sp³-hybridized carbons (Fsp3) is 0.545. The standard InChI is InChI=1S/C11H18N4O/c12-10(8-9-2-1-3-14-9)11(16)15-6-4-13-5-7-15/h1-3,10,13-14H,4-8,12H2. The molecule has 1 saturated heterocycles. The first-order chi connectivity index (χ1) is 7.77. The fourth-order valence-corrected chi connectivity index (χ4v) is 1.94. The van der Waals surface area contributed by atoms with E-state index < -0.39 is 6.04 Å². The maximum absolute atomic E-state index is 12.0. The summed E-state index contributed by atoms with van der Waals surface area (Å²) >= 11 is 0. The molecule has 1 unspecified atom stereocenters. The van der Waals surface area contributed by atoms with E-state index in [9.17, 15) is 4.79 Å². The van der Waals surface area contributed by atoms with Gasteiger partial charge in [0.05, 0.1) is 6.04 Å². The van der Waals surface area contributed by atoms with Crippen LogP contribution in [-0.4, -0.2) is 48.0 Å². The maximum Gasteiger partial charge on any atom is 0.239 e. The van der Waals surface area contributed by atoms with Crippen molar-refractivity contribution in [3.8, 4) is 0 Å². The minimum Gasteiger partial charge on any atom is -0.365 e. The van der Waals surface area contributed by atoms with Gasteiger partial charge in [0.15, 0.2) is 0 Å². The number of piperazine rings is 1. The van der Waals surface area contributed by atoms with Crippen molar-refractivity contribution in [2.45, 2.75) is 12.5 Å². The minimum atomic E-state index is -0.434. The van der Waals surface area contributed by atoms with Crippen LogP contribution in [0.2, 0.25) is 0 Å². The number of rotatable bonds is 3. The molecule has 0 aliphatic carbocycles. The third kappa shape index (κ3) is 2.62. The van der Waals surface area contributed by atoms with Gasteiger partial charge in [-0.2, -0.15) is 0 Å². The van der Waals surface area contributed by atoms with Crippen LogP contribution >= 0.6 is 0 Å². The number of carbonyl (C=O) groups is 1. The SMILES string of the molecule is NC(Cc1ccc[nH]1)C(=O)N1CCNCC1. The quantitative estimate of drug-likeness (QED) is 0.634. The average Bonchev–Trinajstić information content (AvgIpc) is 2.82. The number of hydrogen-bond acceptors (Lipinski definition) is 3. The van der Waals surface area contributed by atoms with Crippen molar-refractivity contribution >= 4 is 5.91 Å². The van der Waals surface area contributed by atoms with Gasteiger partial charge in [-0.3, -0.25) is 4.79 Å². The van der Waals surface area contributed by atoms with Crippen molar-refractivity contribution in [2.24, 2.45) is 5.73 Å². The fourth-order valence-electron chi connectivity index (χ4n) is 1.94. The summed E-state index contributed by atoms with van der Waals surface area (Å²) < 4.78 is 0. The molecule has 16 heavy (non-hydrogen) atoms. The molecule has 1 aliphatic heterocycles. The number of aromatic amines is 1. The van der Waals surface area contributed by atoms with E-state index in [4.69, 9.17) is 5.73 Å². The molecule has 5 nitrogen and oxygen atoms in total. The molecule has 1 aromatic heterocycles. The lowest BCUT2D eigenvalue weighted by Crippen LogP contribution is -2.52. The van der Waals surface area contributed by atoms with Crippen LogP contribution in [0.4, 0.5) is 0 Å². The van der Waals surface area contributed by atoms with E-state index in [1.165, 1.54) is 0 Å². The van der Waals surface area contributed by atoms with Gasteiger partial charge in [-0.15, -0.1) is 0 Å². The molecule has 1 aliphatic rings. The van der Waals surface area contributed by atoms with E-state index >= 15 is 0 Å². The van der Waals surface area contributed by atoms with E-state index in [0.717, 1.165) is 31.9 Å². The van der Waals surface area contributed by atoms with E-state index in [-0.39, 0.29) is 5.91 Å². The summed E-state index contributed by atoms with van der Waals surface area (Å²) in [5, 5.41) is 3.21. The topological polar surface area (TPSA) is 74.2 Å². The molecule has 0 saturated carbocycles. The number of H-pyrrole nitrogens is 1. The summed E-state index contributed by atoms with van der Waals surface area (Å²) in [5.74, 6) is 0.0519. The highest BCUT2D eigenvalue weighted by Crippen LogP contribution is 2.03. The molecule has 1 aromatic rings. The second kappa shape index (κ2) is 5.14. The maximum atomic E-state index is 12.0. The Bertz CT molecular complexity index is 330. The average molecular weight is 222 g/mol. The zero-order valence-corrected chi connectivity index (χ0v) is 9.28. The molecule has 0 spiro atoms. The van der Waals surface area contributed by atoms with Crippen molar-refractivity contribution in [1.29, 1.82) is 0 Å². The molecule has 4 N–H and O–H groups in total. The number of amides is 1. The predicted octanol–water partition coefficient (Wildman–Crippen LogP) is -0.684.